The predicted octanol–water partition coefficient (Wildman–Crippen LogP) is -0.160. The highest BCUT2D eigenvalue weighted by atomic mass is 16.1. The molecule has 6 heteroatoms. The minimum Gasteiger partial charge on any atom is -0.355 e. The van der Waals surface area contributed by atoms with Crippen molar-refractivity contribution in [2.75, 3.05) is 0 Å². The van der Waals surface area contributed by atoms with Gasteiger partial charge in [0, 0.05) is 29.6 Å². The molecule has 1 aromatic heterocycles. The number of rotatable bonds is 0. The van der Waals surface area contributed by atoms with Crippen LogP contribution in [0.5, 0.6) is 0 Å². The lowest BCUT2D eigenvalue weighted by atomic mass is 10.0. The number of carbonyl (C=O) groups is 1. The summed E-state index contributed by atoms with van der Waals surface area (Å²) >= 11 is 0. The van der Waals surface area contributed by atoms with Gasteiger partial charge in [0.05, 0.1) is 23.2 Å². The molecule has 1 saturated heterocycles. The van der Waals surface area contributed by atoms with Crippen LogP contribution in [0.1, 0.15) is 12.8 Å². The Morgan fingerprint density at radius 3 is 2.77 bits per heavy atom. The number of aromatic nitrogens is 1. The van der Waals surface area contributed by atoms with Crippen LogP contribution >= 0.6 is 0 Å². The molecule has 8 bridgehead atoms. The molecule has 0 spiro atoms. The Morgan fingerprint density at radius 1 is 1.12 bits per heavy atom. The quantitative estimate of drug-likeness (QED) is 0.610. The van der Waals surface area contributed by atoms with E-state index in [4.69, 9.17) is 5.73 Å². The van der Waals surface area contributed by atoms with E-state index >= 15 is 0 Å². The van der Waals surface area contributed by atoms with Gasteiger partial charge in [-0.25, -0.2) is 4.99 Å². The fourth-order valence-electron chi connectivity index (χ4n) is 3.84. The summed E-state index contributed by atoms with van der Waals surface area (Å²) in [4.78, 5) is 25.0. The predicted molar refractivity (Wildman–Crippen MR) is 102 cm³/mol. The lowest BCUT2D eigenvalue weighted by Crippen LogP contribution is -2.42. The molecule has 4 aliphatic heterocycles. The number of hydrogen-bond acceptors (Lipinski definition) is 5. The van der Waals surface area contributed by atoms with Gasteiger partial charge in [-0.05, 0) is 54.7 Å². The number of nitrogens with two attached hydrogens (primary N) is 1. The zero-order chi connectivity index (χ0) is 17.7. The molecule has 26 heavy (non-hydrogen) atoms. The maximum atomic E-state index is 12.4. The number of aromatic amines is 1. The molecular formula is C20H19N5O. The number of aliphatic imine (C=N–C) groups is 2. The zero-order valence-corrected chi connectivity index (χ0v) is 14.1. The summed E-state index contributed by atoms with van der Waals surface area (Å²) in [5.74, 6) is 0.169. The van der Waals surface area contributed by atoms with Crippen molar-refractivity contribution in [3.05, 3.63) is 58.9 Å². The van der Waals surface area contributed by atoms with Crippen LogP contribution in [-0.2, 0) is 4.79 Å². The van der Waals surface area contributed by atoms with Crippen LogP contribution in [0, 0.1) is 0 Å². The molecule has 6 nitrogen and oxygen atoms in total. The largest absolute Gasteiger partial charge is 0.355 e. The van der Waals surface area contributed by atoms with Crippen molar-refractivity contribution in [1.29, 1.82) is 0 Å². The van der Waals surface area contributed by atoms with Crippen molar-refractivity contribution in [2.45, 2.75) is 30.6 Å². The molecule has 4 N–H and O–H groups in total. The molecule has 5 rings (SSSR count). The lowest BCUT2D eigenvalue weighted by Gasteiger charge is -2.22. The molecule has 0 aliphatic carbocycles. The van der Waals surface area contributed by atoms with Crippen molar-refractivity contribution in [3.8, 4) is 0 Å². The third-order valence-corrected chi connectivity index (χ3v) is 5.02. The molecule has 3 atom stereocenters. The Labute approximate surface area is 150 Å². The first-order valence-electron chi connectivity index (χ1n) is 8.79. The van der Waals surface area contributed by atoms with Gasteiger partial charge in [-0.1, -0.05) is 0 Å². The fraction of sp³-hybridized carbons (Fsp3) is 0.250. The van der Waals surface area contributed by atoms with Crippen molar-refractivity contribution < 1.29 is 4.79 Å². The first-order valence-corrected chi connectivity index (χ1v) is 8.79. The third kappa shape index (κ3) is 2.83. The smallest absolute Gasteiger partial charge is 0.155 e. The van der Waals surface area contributed by atoms with Gasteiger partial charge in [0.15, 0.2) is 5.78 Å². The number of nitrogens with one attached hydrogen (secondary N) is 2. The van der Waals surface area contributed by atoms with E-state index in [1.807, 2.05) is 54.7 Å². The molecule has 1 fully saturated rings. The Bertz CT molecular complexity index is 1070. The first-order chi connectivity index (χ1) is 12.5. The molecule has 0 amide bonds. The Morgan fingerprint density at radius 2 is 1.92 bits per heavy atom. The van der Waals surface area contributed by atoms with Crippen molar-refractivity contribution in [1.82, 2.24) is 10.3 Å². The van der Waals surface area contributed by atoms with E-state index in [0.717, 1.165) is 27.8 Å². The van der Waals surface area contributed by atoms with Gasteiger partial charge in [0.1, 0.15) is 5.66 Å². The number of hydrogen-bond donors (Lipinski definition) is 3. The molecule has 0 saturated carbocycles. The summed E-state index contributed by atoms with van der Waals surface area (Å²) in [6, 6.07) is 3.70. The molecule has 5 heterocycles. The zero-order valence-electron chi connectivity index (χ0n) is 14.1. The Balaban J connectivity index is 1.62. The maximum Gasteiger partial charge on any atom is 0.155 e. The van der Waals surface area contributed by atoms with Gasteiger partial charge in [-0.3, -0.25) is 9.79 Å². The third-order valence-electron chi connectivity index (χ3n) is 5.02. The molecule has 0 radical (unpaired) electrons. The molecular weight excluding hydrogens is 326 g/mol. The van der Waals surface area contributed by atoms with Crippen LogP contribution in [0.25, 0.3) is 12.2 Å². The number of allylic oxidation sites excluding steroid dienone is 3. The summed E-state index contributed by atoms with van der Waals surface area (Å²) in [5.41, 5.74) is 8.15. The number of fused-ring (bicyclic) bond motifs is 6. The summed E-state index contributed by atoms with van der Waals surface area (Å²) in [5, 5.41) is 5.30. The van der Waals surface area contributed by atoms with E-state index in [9.17, 15) is 4.79 Å². The SMILES string of the molecule is NC12C=CC(=N1)C=c1ccc([nH]1)=CC1=NC(=CC3NC(CC3=O)C2)C=C1. The van der Waals surface area contributed by atoms with Crippen LogP contribution in [0.3, 0.4) is 0 Å². The van der Waals surface area contributed by atoms with Gasteiger partial charge < -0.3 is 16.0 Å². The Kier molecular flexibility index (Phi) is 3.32. The van der Waals surface area contributed by atoms with E-state index in [0.29, 0.717) is 12.8 Å². The summed E-state index contributed by atoms with van der Waals surface area (Å²) < 4.78 is 0. The number of ketones is 1. The van der Waals surface area contributed by atoms with Crippen molar-refractivity contribution >= 4 is 29.4 Å². The van der Waals surface area contributed by atoms with E-state index < -0.39 is 5.66 Å². The molecule has 0 aromatic carbocycles. The maximum absolute atomic E-state index is 12.4. The molecule has 130 valence electrons. The number of nitrogens with zero attached hydrogens (tertiary/aromatic N) is 2. The van der Waals surface area contributed by atoms with E-state index in [1.54, 1.807) is 0 Å². The Hall–Kier alpha value is -2.83. The van der Waals surface area contributed by atoms with Crippen LogP contribution in [0.2, 0.25) is 0 Å². The summed E-state index contributed by atoms with van der Waals surface area (Å²) in [6.45, 7) is 0. The number of H-pyrrole nitrogens is 1. The standard InChI is InChI=1S/C20H19N5O/c21-20-6-5-16(25-20)8-14-2-1-12(22-14)7-13-3-4-15(23-13)9-18-19(26)10-17(11-20)24-18/h1-9,17-18,22,24H,10-11,21H2. The minimum absolute atomic E-state index is 0.00694. The monoisotopic (exact) mass is 345 g/mol. The minimum atomic E-state index is -0.775. The topological polar surface area (TPSA) is 95.6 Å². The molecule has 3 unspecified atom stereocenters. The van der Waals surface area contributed by atoms with Crippen molar-refractivity contribution in [3.63, 3.8) is 0 Å². The second kappa shape index (κ2) is 5.59. The van der Waals surface area contributed by atoms with Crippen LogP contribution < -0.4 is 21.7 Å². The molecule has 1 aromatic rings. The van der Waals surface area contributed by atoms with E-state index in [-0.39, 0.29) is 17.9 Å². The van der Waals surface area contributed by atoms with Gasteiger partial charge >= 0.3 is 0 Å². The second-order valence-electron chi connectivity index (χ2n) is 7.20. The van der Waals surface area contributed by atoms with E-state index in [1.165, 1.54) is 0 Å². The fourth-order valence-corrected chi connectivity index (χ4v) is 3.84. The van der Waals surface area contributed by atoms with Crippen molar-refractivity contribution in [2.24, 2.45) is 15.7 Å². The van der Waals surface area contributed by atoms with E-state index in [2.05, 4.69) is 20.3 Å². The van der Waals surface area contributed by atoms with Crippen LogP contribution in [-0.4, -0.2) is 39.9 Å². The lowest BCUT2D eigenvalue weighted by molar-refractivity contribution is -0.117. The average molecular weight is 345 g/mol. The van der Waals surface area contributed by atoms with Gasteiger partial charge in [-0.2, -0.15) is 0 Å². The highest BCUT2D eigenvalue weighted by Gasteiger charge is 2.36. The normalized spacial score (nSPS) is 32.0. The number of Topliss-reactive ketones (excluding diaryl/α,β-unsaturated/α-hetero) is 1. The van der Waals surface area contributed by atoms with Crippen LogP contribution in [0.15, 0.2) is 58.2 Å². The molecule has 4 aliphatic rings. The van der Waals surface area contributed by atoms with Gasteiger partial charge in [0.2, 0.25) is 0 Å². The van der Waals surface area contributed by atoms with Crippen LogP contribution in [0.4, 0.5) is 0 Å². The second-order valence-corrected chi connectivity index (χ2v) is 7.20. The average Bonchev–Trinajstić information content (AvgIpc) is 3.33. The van der Waals surface area contributed by atoms with Gasteiger partial charge in [0.25, 0.3) is 0 Å². The summed E-state index contributed by atoms with van der Waals surface area (Å²) in [6.07, 6.45) is 14.6. The highest BCUT2D eigenvalue weighted by Crippen LogP contribution is 2.25. The number of carbonyl (C=O) groups excluding carboxylic acids is 1. The summed E-state index contributed by atoms with van der Waals surface area (Å²) in [7, 11) is 0. The first kappa shape index (κ1) is 15.4. The van der Waals surface area contributed by atoms with Gasteiger partial charge in [-0.15, -0.1) is 0 Å². The highest BCUT2D eigenvalue weighted by molar-refractivity contribution is 6.19.